The first-order valence-electron chi connectivity index (χ1n) is 15.2. The molecule has 0 aliphatic carbocycles. The Morgan fingerprint density at radius 2 is 1.67 bits per heavy atom. The van der Waals surface area contributed by atoms with Crippen LogP contribution >= 0.6 is 0 Å². The summed E-state index contributed by atoms with van der Waals surface area (Å²) in [6.07, 6.45) is 6.93. The van der Waals surface area contributed by atoms with E-state index >= 15 is 0 Å². The van der Waals surface area contributed by atoms with Crippen LogP contribution in [0.3, 0.4) is 0 Å². The van der Waals surface area contributed by atoms with Crippen LogP contribution in [0.25, 0.3) is 10.9 Å². The quantitative estimate of drug-likeness (QED) is 0.429. The molecule has 0 spiro atoms. The van der Waals surface area contributed by atoms with Crippen molar-refractivity contribution in [2.45, 2.75) is 46.1 Å². The Morgan fingerprint density at radius 3 is 2.36 bits per heavy atom. The molecule has 5 rings (SSSR count). The lowest BCUT2D eigenvalue weighted by molar-refractivity contribution is 0.0775. The molecule has 2 aromatic heterocycles. The van der Waals surface area contributed by atoms with E-state index in [1.165, 1.54) is 12.8 Å². The first-order valence-corrected chi connectivity index (χ1v) is 15.2. The number of nitrogens with zero attached hydrogens (tertiary/aromatic N) is 6. The van der Waals surface area contributed by atoms with Crippen molar-refractivity contribution in [2.24, 2.45) is 5.41 Å². The van der Waals surface area contributed by atoms with Crippen molar-refractivity contribution in [3.8, 4) is 0 Å². The number of carbonyl (C=O) groups excluding carboxylic acids is 2. The molecule has 0 atom stereocenters. The van der Waals surface area contributed by atoms with Gasteiger partial charge in [-0.15, -0.1) is 0 Å². The van der Waals surface area contributed by atoms with Crippen LogP contribution in [0.2, 0.25) is 0 Å². The zero-order valence-electron chi connectivity index (χ0n) is 25.8. The van der Waals surface area contributed by atoms with Crippen LogP contribution in [0.5, 0.6) is 0 Å². The number of benzene rings is 1. The van der Waals surface area contributed by atoms with Gasteiger partial charge in [0.1, 0.15) is 5.82 Å². The lowest BCUT2D eigenvalue weighted by Gasteiger charge is -2.42. The number of piperidine rings is 1. The Hall–Kier alpha value is -3.63. The lowest BCUT2D eigenvalue weighted by atomic mass is 9.92. The average Bonchev–Trinajstić information content (AvgIpc) is 3.40. The van der Waals surface area contributed by atoms with Crippen LogP contribution in [-0.4, -0.2) is 102 Å². The molecule has 0 unspecified atom stereocenters. The standard InChI is InChI=1S/C32H46N8O2/c1-32(2,3)12-17-39(26-6-7-28-24(22-26)9-16-40(28)30(41)33-4)27-8-13-34-29(23-27)35-31(42)38-20-18-37(19-21-38)25-10-14-36(5)15-11-25/h6-9,13,16,22-23,25H,10-12,14-15,17-21H2,1-5H3,(H,33,41)(H,34,35,42). The molecule has 0 bridgehead atoms. The minimum Gasteiger partial charge on any atom is -0.341 e. The average molecular weight is 575 g/mol. The second-order valence-corrected chi connectivity index (χ2v) is 12.8. The molecule has 2 fully saturated rings. The summed E-state index contributed by atoms with van der Waals surface area (Å²) in [6, 6.07) is 12.4. The maximum atomic E-state index is 13.2. The molecule has 42 heavy (non-hydrogen) atoms. The maximum Gasteiger partial charge on any atom is 0.325 e. The van der Waals surface area contributed by atoms with Crippen molar-refractivity contribution in [3.63, 3.8) is 0 Å². The number of carbonyl (C=O) groups is 2. The van der Waals surface area contributed by atoms with Gasteiger partial charge in [-0.25, -0.2) is 14.6 Å². The molecule has 4 heterocycles. The summed E-state index contributed by atoms with van der Waals surface area (Å²) in [5.74, 6) is 0.544. The molecule has 2 saturated heterocycles. The normalized spacial score (nSPS) is 17.4. The molecular formula is C32H46N8O2. The van der Waals surface area contributed by atoms with Gasteiger partial charge in [0.05, 0.1) is 5.52 Å². The molecule has 10 nitrogen and oxygen atoms in total. The Balaban J connectivity index is 1.29. The number of hydrogen-bond donors (Lipinski definition) is 2. The highest BCUT2D eigenvalue weighted by Gasteiger charge is 2.28. The number of piperazine rings is 1. The Bertz CT molecular complexity index is 1380. The largest absolute Gasteiger partial charge is 0.341 e. The summed E-state index contributed by atoms with van der Waals surface area (Å²) >= 11 is 0. The van der Waals surface area contributed by atoms with Crippen molar-refractivity contribution < 1.29 is 9.59 Å². The first-order chi connectivity index (χ1) is 20.1. The molecule has 2 N–H and O–H groups in total. The second kappa shape index (κ2) is 12.7. The third-order valence-corrected chi connectivity index (χ3v) is 8.60. The summed E-state index contributed by atoms with van der Waals surface area (Å²) in [5.41, 5.74) is 2.98. The summed E-state index contributed by atoms with van der Waals surface area (Å²) < 4.78 is 1.62. The minimum absolute atomic E-state index is 0.0964. The number of anilines is 3. The fraction of sp³-hybridized carbons (Fsp3) is 0.531. The highest BCUT2D eigenvalue weighted by atomic mass is 16.2. The van der Waals surface area contributed by atoms with Crippen LogP contribution in [0.15, 0.2) is 48.8 Å². The van der Waals surface area contributed by atoms with Gasteiger partial charge < -0.3 is 20.0 Å². The summed E-state index contributed by atoms with van der Waals surface area (Å²) in [7, 11) is 3.82. The maximum absolute atomic E-state index is 13.2. The first kappa shape index (κ1) is 29.8. The summed E-state index contributed by atoms with van der Waals surface area (Å²) in [5, 5.41) is 6.73. The van der Waals surface area contributed by atoms with Gasteiger partial charge in [-0.1, -0.05) is 20.8 Å². The van der Waals surface area contributed by atoms with E-state index in [1.807, 2.05) is 35.2 Å². The van der Waals surface area contributed by atoms with Gasteiger partial charge in [-0.3, -0.25) is 14.8 Å². The van der Waals surface area contributed by atoms with Crippen molar-refractivity contribution in [1.29, 1.82) is 0 Å². The van der Waals surface area contributed by atoms with Gasteiger partial charge in [0.15, 0.2) is 0 Å². The predicted molar refractivity (Wildman–Crippen MR) is 170 cm³/mol. The van der Waals surface area contributed by atoms with Crippen molar-refractivity contribution in [3.05, 3.63) is 48.8 Å². The molecular weight excluding hydrogens is 528 g/mol. The zero-order valence-corrected chi connectivity index (χ0v) is 25.8. The van der Waals surface area contributed by atoms with Crippen LogP contribution in [0.1, 0.15) is 40.0 Å². The van der Waals surface area contributed by atoms with Crippen LogP contribution in [0.4, 0.5) is 26.8 Å². The third-order valence-electron chi connectivity index (χ3n) is 8.60. The van der Waals surface area contributed by atoms with E-state index in [4.69, 9.17) is 0 Å². The van der Waals surface area contributed by atoms with E-state index in [2.05, 4.69) is 64.2 Å². The minimum atomic E-state index is -0.167. The number of pyridine rings is 1. The smallest absolute Gasteiger partial charge is 0.325 e. The SMILES string of the molecule is CNC(=O)n1ccc2cc(N(CCC(C)(C)C)c3ccnc(NC(=O)N4CCN(C5CCN(C)CC5)CC4)c3)ccc21. The third kappa shape index (κ3) is 7.04. The van der Waals surface area contributed by atoms with Crippen LogP contribution in [0, 0.1) is 5.41 Å². The van der Waals surface area contributed by atoms with E-state index < -0.39 is 0 Å². The Morgan fingerprint density at radius 1 is 0.952 bits per heavy atom. The van der Waals surface area contributed by atoms with Gasteiger partial charge in [-0.05, 0) is 75.1 Å². The number of fused-ring (bicyclic) bond motifs is 1. The molecule has 0 saturated carbocycles. The molecule has 3 aromatic rings. The highest BCUT2D eigenvalue weighted by Crippen LogP contribution is 2.32. The Labute approximate surface area is 249 Å². The molecule has 10 heteroatoms. The zero-order chi connectivity index (χ0) is 29.9. The van der Waals surface area contributed by atoms with Crippen LogP contribution in [-0.2, 0) is 0 Å². The molecule has 3 amide bonds. The molecule has 1 aromatic carbocycles. The lowest BCUT2D eigenvalue weighted by Crippen LogP contribution is -2.54. The van der Waals surface area contributed by atoms with E-state index in [0.717, 1.165) is 74.5 Å². The number of nitrogens with one attached hydrogen (secondary N) is 2. The summed E-state index contributed by atoms with van der Waals surface area (Å²) in [6.45, 7) is 13.1. The predicted octanol–water partition coefficient (Wildman–Crippen LogP) is 5.04. The van der Waals surface area contributed by atoms with E-state index in [1.54, 1.807) is 24.0 Å². The van der Waals surface area contributed by atoms with E-state index in [0.29, 0.717) is 11.9 Å². The number of amides is 3. The fourth-order valence-electron chi connectivity index (χ4n) is 5.94. The van der Waals surface area contributed by atoms with Crippen molar-refractivity contribution >= 4 is 40.2 Å². The molecule has 2 aliphatic heterocycles. The van der Waals surface area contributed by atoms with Crippen molar-refractivity contribution in [2.75, 3.05) is 70.1 Å². The molecule has 226 valence electrons. The van der Waals surface area contributed by atoms with Gasteiger partial charge in [-0.2, -0.15) is 0 Å². The topological polar surface area (TPSA) is 89.0 Å². The monoisotopic (exact) mass is 574 g/mol. The molecule has 2 aliphatic rings. The molecule has 0 radical (unpaired) electrons. The Kier molecular flexibility index (Phi) is 9.03. The number of urea groups is 1. The van der Waals surface area contributed by atoms with E-state index in [-0.39, 0.29) is 17.5 Å². The van der Waals surface area contributed by atoms with E-state index in [9.17, 15) is 9.59 Å². The fourth-order valence-corrected chi connectivity index (χ4v) is 5.94. The van der Waals surface area contributed by atoms with Gasteiger partial charge in [0, 0.05) is 81.0 Å². The van der Waals surface area contributed by atoms with Crippen molar-refractivity contribution in [1.82, 2.24) is 29.6 Å². The van der Waals surface area contributed by atoms with Gasteiger partial charge in [0.2, 0.25) is 0 Å². The van der Waals surface area contributed by atoms with Gasteiger partial charge in [0.25, 0.3) is 0 Å². The number of likely N-dealkylation sites (tertiary alicyclic amines) is 1. The van der Waals surface area contributed by atoms with Gasteiger partial charge >= 0.3 is 12.1 Å². The van der Waals surface area contributed by atoms with Crippen LogP contribution < -0.4 is 15.5 Å². The summed E-state index contributed by atoms with van der Waals surface area (Å²) in [4.78, 5) is 39.1. The number of hydrogen-bond acceptors (Lipinski definition) is 6. The number of aromatic nitrogens is 2. The second-order valence-electron chi connectivity index (χ2n) is 12.8. The number of rotatable bonds is 6. The highest BCUT2D eigenvalue weighted by molar-refractivity contribution is 5.94.